The normalized spacial score (nSPS) is 20.9. The molecule has 2 aliphatic heterocycles. The second-order valence-electron chi connectivity index (χ2n) is 8.50. The molecular weight excluding hydrogens is 414 g/mol. The molecule has 0 radical (unpaired) electrons. The monoisotopic (exact) mass is 435 g/mol. The van der Waals surface area contributed by atoms with Gasteiger partial charge in [-0.3, -0.25) is 9.69 Å². The molecule has 0 spiro atoms. The number of benzene rings is 1. The van der Waals surface area contributed by atoms with Crippen molar-refractivity contribution in [2.45, 2.75) is 6.54 Å². The Morgan fingerprint density at radius 3 is 2.58 bits per heavy atom. The van der Waals surface area contributed by atoms with Gasteiger partial charge in [-0.15, -0.1) is 0 Å². The molecule has 4 heterocycles. The first-order valence-corrected chi connectivity index (χ1v) is 10.7. The number of rotatable bonds is 3. The van der Waals surface area contributed by atoms with Crippen LogP contribution in [-0.2, 0) is 13.6 Å². The summed E-state index contributed by atoms with van der Waals surface area (Å²) in [7, 11) is 1.73. The fraction of sp³-hybridized carbons (Fsp3) is 0.348. The third-order valence-electron chi connectivity index (χ3n) is 6.53. The summed E-state index contributed by atoms with van der Waals surface area (Å²) in [5.41, 5.74) is 3.40. The first-order valence-electron chi connectivity index (χ1n) is 10.3. The Morgan fingerprint density at radius 1 is 1.16 bits per heavy atom. The van der Waals surface area contributed by atoms with Crippen LogP contribution in [0.15, 0.2) is 41.2 Å². The maximum atomic E-state index is 12.5. The molecule has 0 amide bonds. The number of pyridine rings is 2. The number of aryl methyl sites for hydroxylation is 1. The average Bonchev–Trinajstić information content (AvgIpc) is 3.31. The molecule has 2 aliphatic rings. The molecule has 2 aromatic heterocycles. The van der Waals surface area contributed by atoms with E-state index in [-0.39, 0.29) is 11.3 Å². The van der Waals surface area contributed by atoms with Gasteiger partial charge < -0.3 is 14.6 Å². The molecule has 5 rings (SSSR count). The Labute approximate surface area is 184 Å². The summed E-state index contributed by atoms with van der Waals surface area (Å²) in [4.78, 5) is 21.6. The van der Waals surface area contributed by atoms with Crippen LogP contribution in [0.3, 0.4) is 0 Å². The number of hydrogen-bond donors (Lipinski definition) is 1. The zero-order valence-corrected chi connectivity index (χ0v) is 17.9. The van der Waals surface area contributed by atoms with Crippen molar-refractivity contribution in [2.75, 3.05) is 31.1 Å². The number of halogens is 1. The first kappa shape index (κ1) is 19.9. The van der Waals surface area contributed by atoms with E-state index in [2.05, 4.69) is 20.9 Å². The van der Waals surface area contributed by atoms with Gasteiger partial charge >= 0.3 is 0 Å². The fourth-order valence-corrected chi connectivity index (χ4v) is 5.11. The van der Waals surface area contributed by atoms with Gasteiger partial charge in [-0.05, 0) is 36.1 Å². The molecule has 31 heavy (non-hydrogen) atoms. The number of hydrogen-bond acceptors (Lipinski definition) is 6. The molecule has 0 aliphatic carbocycles. The third kappa shape index (κ3) is 3.52. The number of fused-ring (bicyclic) bond motifs is 2. The maximum Gasteiger partial charge on any atom is 0.252 e. The zero-order chi connectivity index (χ0) is 21.7. The predicted octanol–water partition coefficient (Wildman–Crippen LogP) is 2.73. The van der Waals surface area contributed by atoms with E-state index in [0.717, 1.165) is 42.9 Å². The highest BCUT2D eigenvalue weighted by Gasteiger charge is 2.40. The Hall–Kier alpha value is -3.08. The number of aromatic nitrogens is 2. The van der Waals surface area contributed by atoms with Crippen LogP contribution in [0.1, 0.15) is 11.3 Å². The van der Waals surface area contributed by atoms with Gasteiger partial charge in [0.15, 0.2) is 0 Å². The van der Waals surface area contributed by atoms with Crippen LogP contribution in [0.25, 0.3) is 11.0 Å². The smallest absolute Gasteiger partial charge is 0.252 e. The van der Waals surface area contributed by atoms with Gasteiger partial charge in [-0.1, -0.05) is 17.7 Å². The van der Waals surface area contributed by atoms with Crippen molar-refractivity contribution < 1.29 is 5.11 Å². The highest BCUT2D eigenvalue weighted by Crippen LogP contribution is 2.37. The molecule has 3 aromatic rings. The number of phenols is 1. The largest absolute Gasteiger partial charge is 0.508 e. The lowest BCUT2D eigenvalue weighted by atomic mass is 10.0. The van der Waals surface area contributed by atoms with E-state index < -0.39 is 0 Å². The van der Waals surface area contributed by atoms with E-state index in [4.69, 9.17) is 11.6 Å². The highest BCUT2D eigenvalue weighted by atomic mass is 35.5. The molecule has 0 saturated carbocycles. The van der Waals surface area contributed by atoms with E-state index in [1.54, 1.807) is 41.9 Å². The summed E-state index contributed by atoms with van der Waals surface area (Å²) in [6, 6.07) is 12.4. The number of likely N-dealkylation sites (tertiary alicyclic amines) is 1. The molecular formula is C23H22ClN5O2. The van der Waals surface area contributed by atoms with Gasteiger partial charge in [-0.25, -0.2) is 4.98 Å². The van der Waals surface area contributed by atoms with Crippen molar-refractivity contribution in [2.24, 2.45) is 18.9 Å². The summed E-state index contributed by atoms with van der Waals surface area (Å²) in [5, 5.41) is 20.0. The summed E-state index contributed by atoms with van der Waals surface area (Å²) < 4.78 is 1.57. The second kappa shape index (κ2) is 7.56. The number of nitriles is 1. The van der Waals surface area contributed by atoms with E-state index in [9.17, 15) is 15.2 Å². The standard InChI is InChI=1S/C23H22ClN5O2/c1-27-19-5-4-18(8-25)26-23(19)20(7-22(27)31)29-12-15-10-28(11-16(15)13-29)9-14-2-3-17(24)6-21(14)30/h2-7,15-16,30H,9-13H2,1H3/t15-,16-/m1/s1. The quantitative estimate of drug-likeness (QED) is 0.680. The lowest BCUT2D eigenvalue weighted by molar-refractivity contribution is 0.303. The number of anilines is 1. The van der Waals surface area contributed by atoms with Gasteiger partial charge in [0.25, 0.3) is 5.56 Å². The Balaban J connectivity index is 1.37. The Kier molecular flexibility index (Phi) is 4.84. The molecule has 7 nitrogen and oxygen atoms in total. The Bertz CT molecular complexity index is 1270. The van der Waals surface area contributed by atoms with Crippen LogP contribution in [0.4, 0.5) is 5.69 Å². The summed E-state index contributed by atoms with van der Waals surface area (Å²) in [5.74, 6) is 1.19. The average molecular weight is 436 g/mol. The van der Waals surface area contributed by atoms with Crippen LogP contribution in [-0.4, -0.2) is 45.7 Å². The number of aromatic hydroxyl groups is 1. The van der Waals surface area contributed by atoms with Crippen molar-refractivity contribution in [3.8, 4) is 11.8 Å². The molecule has 158 valence electrons. The van der Waals surface area contributed by atoms with Gasteiger partial charge in [-0.2, -0.15) is 5.26 Å². The van der Waals surface area contributed by atoms with Crippen molar-refractivity contribution >= 4 is 28.3 Å². The topological polar surface area (TPSA) is 85.4 Å². The van der Waals surface area contributed by atoms with Crippen molar-refractivity contribution in [1.29, 1.82) is 5.26 Å². The van der Waals surface area contributed by atoms with Crippen LogP contribution >= 0.6 is 11.6 Å². The molecule has 1 aromatic carbocycles. The summed E-state index contributed by atoms with van der Waals surface area (Å²) in [6.45, 7) is 4.24. The minimum absolute atomic E-state index is 0.0779. The minimum atomic E-state index is -0.0779. The first-order chi connectivity index (χ1) is 14.9. The van der Waals surface area contributed by atoms with Crippen LogP contribution in [0.2, 0.25) is 5.02 Å². The molecule has 1 N–H and O–H groups in total. The predicted molar refractivity (Wildman–Crippen MR) is 119 cm³/mol. The molecule has 2 fully saturated rings. The lowest BCUT2D eigenvalue weighted by Gasteiger charge is -2.24. The fourth-order valence-electron chi connectivity index (χ4n) is 4.94. The minimum Gasteiger partial charge on any atom is -0.508 e. The molecule has 8 heteroatoms. The van der Waals surface area contributed by atoms with E-state index >= 15 is 0 Å². The van der Waals surface area contributed by atoms with E-state index in [1.165, 1.54) is 0 Å². The summed E-state index contributed by atoms with van der Waals surface area (Å²) in [6.07, 6.45) is 0. The molecule has 2 atom stereocenters. The van der Waals surface area contributed by atoms with Gasteiger partial charge in [0.05, 0.1) is 11.2 Å². The van der Waals surface area contributed by atoms with Crippen LogP contribution < -0.4 is 10.5 Å². The van der Waals surface area contributed by atoms with Crippen molar-refractivity contribution in [3.05, 3.63) is 63.0 Å². The van der Waals surface area contributed by atoms with E-state index in [0.29, 0.717) is 34.6 Å². The van der Waals surface area contributed by atoms with Crippen molar-refractivity contribution in [1.82, 2.24) is 14.5 Å². The van der Waals surface area contributed by atoms with Gasteiger partial charge in [0.1, 0.15) is 23.0 Å². The zero-order valence-electron chi connectivity index (χ0n) is 17.1. The number of phenolic OH excluding ortho intramolecular Hbond substituents is 1. The van der Waals surface area contributed by atoms with Gasteiger partial charge in [0.2, 0.25) is 0 Å². The SMILES string of the molecule is Cn1c(=O)cc(N2C[C@H]3CN(Cc4ccc(Cl)cc4O)C[C@@H]3C2)c2nc(C#N)ccc21. The van der Waals surface area contributed by atoms with E-state index in [1.807, 2.05) is 6.07 Å². The molecule has 0 unspecified atom stereocenters. The lowest BCUT2D eigenvalue weighted by Crippen LogP contribution is -2.30. The van der Waals surface area contributed by atoms with Crippen molar-refractivity contribution in [3.63, 3.8) is 0 Å². The Morgan fingerprint density at radius 2 is 1.90 bits per heavy atom. The second-order valence-corrected chi connectivity index (χ2v) is 8.93. The number of nitrogens with zero attached hydrogens (tertiary/aromatic N) is 5. The summed E-state index contributed by atoms with van der Waals surface area (Å²) >= 11 is 5.94. The maximum absolute atomic E-state index is 12.5. The molecule has 0 bridgehead atoms. The molecule has 2 saturated heterocycles. The van der Waals surface area contributed by atoms with Gasteiger partial charge in [0, 0.05) is 56.4 Å². The third-order valence-corrected chi connectivity index (χ3v) is 6.76. The van der Waals surface area contributed by atoms with Crippen LogP contribution in [0.5, 0.6) is 5.75 Å². The van der Waals surface area contributed by atoms with Crippen LogP contribution in [0, 0.1) is 23.2 Å². The highest BCUT2D eigenvalue weighted by molar-refractivity contribution is 6.30.